The standard InChI is InChI=1S/C26H36BN4S/c1-5-8-10-20-11-13-21(14-12-20)27-30-22-16-25-23(24(28)9-6-2)17-29-26(31(25)18-22)19(4)32-15-7-3/h6-7,9,11-15,19,22,28,30H,5,8,10,16-18H2,1-4H3/b9-6-,15-7-,28-24?. The lowest BCUT2D eigenvalue weighted by atomic mass is 9.81. The highest BCUT2D eigenvalue weighted by molar-refractivity contribution is 8.03. The topological polar surface area (TPSA) is 51.5 Å². The fourth-order valence-electron chi connectivity index (χ4n) is 4.19. The molecule has 0 spiro atoms. The molecule has 0 aliphatic carbocycles. The summed E-state index contributed by atoms with van der Waals surface area (Å²) >= 11 is 1.80. The van der Waals surface area contributed by atoms with Gasteiger partial charge in [-0.05, 0) is 50.7 Å². The van der Waals surface area contributed by atoms with E-state index in [1.807, 2.05) is 26.0 Å². The second-order valence-electron chi connectivity index (χ2n) is 8.43. The molecular formula is C26H36BN4S. The van der Waals surface area contributed by atoms with Gasteiger partial charge in [0.1, 0.15) is 5.84 Å². The molecule has 0 aromatic heterocycles. The number of unbranched alkanes of at least 4 members (excludes halogenated alkanes) is 1. The van der Waals surface area contributed by atoms with E-state index < -0.39 is 0 Å². The van der Waals surface area contributed by atoms with Gasteiger partial charge in [-0.2, -0.15) is 0 Å². The minimum absolute atomic E-state index is 0.289. The van der Waals surface area contributed by atoms with Crippen LogP contribution < -0.4 is 10.7 Å². The first-order valence-corrected chi connectivity index (χ1v) is 12.7. The second-order valence-corrected chi connectivity index (χ2v) is 9.68. The zero-order chi connectivity index (χ0) is 22.9. The van der Waals surface area contributed by atoms with Crippen molar-refractivity contribution in [1.82, 2.24) is 10.1 Å². The van der Waals surface area contributed by atoms with Crippen molar-refractivity contribution in [2.75, 3.05) is 13.1 Å². The van der Waals surface area contributed by atoms with Crippen LogP contribution in [0.3, 0.4) is 0 Å². The lowest BCUT2D eigenvalue weighted by molar-refractivity contribution is 0.528. The summed E-state index contributed by atoms with van der Waals surface area (Å²) in [5, 5.41) is 14.6. The summed E-state index contributed by atoms with van der Waals surface area (Å²) < 4.78 is 0. The van der Waals surface area contributed by atoms with Crippen LogP contribution in [0.4, 0.5) is 0 Å². The molecule has 2 heterocycles. The molecule has 2 aliphatic heterocycles. The van der Waals surface area contributed by atoms with E-state index in [-0.39, 0.29) is 5.25 Å². The fraction of sp³-hybridized carbons (Fsp3) is 0.462. The lowest BCUT2D eigenvalue weighted by Gasteiger charge is -2.31. The Bertz CT molecular complexity index is 901. The quantitative estimate of drug-likeness (QED) is 0.377. The average Bonchev–Trinajstić information content (AvgIpc) is 3.24. The Morgan fingerprint density at radius 2 is 2.09 bits per heavy atom. The van der Waals surface area contributed by atoms with Gasteiger partial charge in [-0.25, -0.2) is 0 Å². The normalized spacial score (nSPS) is 19.6. The van der Waals surface area contributed by atoms with Gasteiger partial charge in [-0.3, -0.25) is 4.99 Å². The Morgan fingerprint density at radius 3 is 2.78 bits per heavy atom. The molecule has 1 aromatic rings. The van der Waals surface area contributed by atoms with Gasteiger partial charge in [0.15, 0.2) is 0 Å². The maximum atomic E-state index is 8.50. The van der Waals surface area contributed by atoms with Crippen LogP contribution in [-0.2, 0) is 6.42 Å². The minimum atomic E-state index is 0.289. The summed E-state index contributed by atoms with van der Waals surface area (Å²) in [4.78, 5) is 7.27. The summed E-state index contributed by atoms with van der Waals surface area (Å²) in [5.41, 5.74) is 5.51. The van der Waals surface area contributed by atoms with Crippen molar-refractivity contribution < 1.29 is 0 Å². The van der Waals surface area contributed by atoms with Gasteiger partial charge >= 0.3 is 0 Å². The molecule has 0 saturated carbocycles. The number of hydrogen-bond donors (Lipinski definition) is 2. The zero-order valence-electron chi connectivity index (χ0n) is 19.9. The van der Waals surface area contributed by atoms with Crippen molar-refractivity contribution in [1.29, 1.82) is 5.41 Å². The van der Waals surface area contributed by atoms with Gasteiger partial charge < -0.3 is 15.5 Å². The van der Waals surface area contributed by atoms with E-state index >= 15 is 0 Å². The van der Waals surface area contributed by atoms with Crippen LogP contribution >= 0.6 is 11.8 Å². The first-order chi connectivity index (χ1) is 15.6. The third-order valence-corrected chi connectivity index (χ3v) is 6.97. The van der Waals surface area contributed by atoms with Crippen LogP contribution in [0, 0.1) is 5.41 Å². The van der Waals surface area contributed by atoms with Crippen LogP contribution in [-0.4, -0.2) is 48.2 Å². The summed E-state index contributed by atoms with van der Waals surface area (Å²) in [6.07, 6.45) is 10.4. The number of nitrogens with zero attached hydrogens (tertiary/aromatic N) is 2. The van der Waals surface area contributed by atoms with Gasteiger partial charge in [-0.1, -0.05) is 55.2 Å². The first-order valence-electron chi connectivity index (χ1n) is 11.8. The largest absolute Gasteiger partial charge is 0.352 e. The predicted molar refractivity (Wildman–Crippen MR) is 142 cm³/mol. The fourth-order valence-corrected chi connectivity index (χ4v) is 4.91. The van der Waals surface area contributed by atoms with Gasteiger partial charge in [0.2, 0.25) is 7.41 Å². The van der Waals surface area contributed by atoms with Crippen LogP contribution in [0.2, 0.25) is 0 Å². The van der Waals surface area contributed by atoms with E-state index in [0.29, 0.717) is 18.3 Å². The van der Waals surface area contributed by atoms with E-state index in [2.05, 4.69) is 67.1 Å². The third-order valence-electron chi connectivity index (χ3n) is 5.92. The van der Waals surface area contributed by atoms with Crippen molar-refractivity contribution in [3.63, 3.8) is 0 Å². The molecule has 6 heteroatoms. The molecule has 1 radical (unpaired) electrons. The molecule has 1 aromatic carbocycles. The number of nitrogens with one attached hydrogen (secondary N) is 2. The summed E-state index contributed by atoms with van der Waals surface area (Å²) in [6.45, 7) is 9.94. The van der Waals surface area contributed by atoms with Crippen molar-refractivity contribution in [2.45, 2.75) is 64.7 Å². The molecule has 1 saturated heterocycles. The Hall–Kier alpha value is -2.05. The molecular weight excluding hydrogens is 411 g/mol. The van der Waals surface area contributed by atoms with Gasteiger partial charge in [0.25, 0.3) is 0 Å². The molecule has 4 nitrogen and oxygen atoms in total. The number of aryl methyl sites for hydroxylation is 1. The van der Waals surface area contributed by atoms with Crippen LogP contribution in [0.1, 0.15) is 52.5 Å². The molecule has 169 valence electrons. The lowest BCUT2D eigenvalue weighted by Crippen LogP contribution is -2.43. The second kappa shape index (κ2) is 12.3. The number of benzene rings is 1. The molecule has 2 aliphatic rings. The molecule has 0 bridgehead atoms. The van der Waals surface area contributed by atoms with Crippen molar-refractivity contribution in [3.8, 4) is 0 Å². The van der Waals surface area contributed by atoms with E-state index in [0.717, 1.165) is 30.8 Å². The molecule has 3 rings (SSSR count). The van der Waals surface area contributed by atoms with Crippen LogP contribution in [0.25, 0.3) is 0 Å². The highest BCUT2D eigenvalue weighted by atomic mass is 32.2. The SMILES string of the molecule is C/C=C\SC(C)C1=NCC(C(=N)/C=C\C)=C2CC(N[B]c3ccc(CCCC)cc3)CN12. The van der Waals surface area contributed by atoms with Gasteiger partial charge in [0, 0.05) is 30.3 Å². The Balaban J connectivity index is 1.70. The van der Waals surface area contributed by atoms with E-state index in [1.165, 1.54) is 29.6 Å². The average molecular weight is 447 g/mol. The zero-order valence-corrected chi connectivity index (χ0v) is 20.7. The molecule has 2 N–H and O–H groups in total. The molecule has 32 heavy (non-hydrogen) atoms. The van der Waals surface area contributed by atoms with E-state index in [1.54, 1.807) is 11.8 Å². The molecule has 0 amide bonds. The van der Waals surface area contributed by atoms with Crippen molar-refractivity contribution in [3.05, 3.63) is 64.7 Å². The van der Waals surface area contributed by atoms with E-state index in [4.69, 9.17) is 10.4 Å². The summed E-state index contributed by atoms with van der Waals surface area (Å²) in [7, 11) is 2.14. The number of amidine groups is 1. The number of aliphatic imine (C=N–C) groups is 1. The minimum Gasteiger partial charge on any atom is -0.352 e. The van der Waals surface area contributed by atoms with Gasteiger partial charge in [-0.15, -0.1) is 11.8 Å². The molecule has 2 atom stereocenters. The molecule has 1 fully saturated rings. The summed E-state index contributed by atoms with van der Waals surface area (Å²) in [6, 6.07) is 9.20. The smallest absolute Gasteiger partial charge is 0.244 e. The summed E-state index contributed by atoms with van der Waals surface area (Å²) in [5.74, 6) is 1.13. The number of hydrogen-bond acceptors (Lipinski definition) is 5. The van der Waals surface area contributed by atoms with Crippen molar-refractivity contribution in [2.24, 2.45) is 4.99 Å². The monoisotopic (exact) mass is 447 g/mol. The first kappa shape index (κ1) is 24.6. The predicted octanol–water partition coefficient (Wildman–Crippen LogP) is 4.85. The Morgan fingerprint density at radius 1 is 1.31 bits per heavy atom. The Labute approximate surface area is 199 Å². The molecule has 2 unspecified atom stereocenters. The maximum absolute atomic E-state index is 8.50. The van der Waals surface area contributed by atoms with Gasteiger partial charge in [0.05, 0.1) is 17.5 Å². The van der Waals surface area contributed by atoms with Crippen molar-refractivity contribution >= 4 is 36.2 Å². The highest BCUT2D eigenvalue weighted by Gasteiger charge is 2.36. The number of rotatable bonds is 11. The number of thioether (sulfide) groups is 1. The number of fused-ring (bicyclic) bond motifs is 1. The Kier molecular flexibility index (Phi) is 9.43. The highest BCUT2D eigenvalue weighted by Crippen LogP contribution is 2.32. The third kappa shape index (κ3) is 6.26. The maximum Gasteiger partial charge on any atom is 0.244 e. The number of allylic oxidation sites excluding steroid dienone is 3. The van der Waals surface area contributed by atoms with E-state index in [9.17, 15) is 0 Å². The van der Waals surface area contributed by atoms with Crippen LogP contribution in [0.15, 0.2) is 64.2 Å². The van der Waals surface area contributed by atoms with Crippen LogP contribution in [0.5, 0.6) is 0 Å².